The van der Waals surface area contributed by atoms with Gasteiger partial charge < -0.3 is 10.6 Å². The Morgan fingerprint density at radius 3 is 2.46 bits per heavy atom. The lowest BCUT2D eigenvalue weighted by molar-refractivity contribution is -0.148. The Morgan fingerprint density at radius 2 is 1.86 bits per heavy atom. The highest BCUT2D eigenvalue weighted by molar-refractivity contribution is 14.0. The monoisotopic (exact) mass is 510 g/mol. The predicted molar refractivity (Wildman–Crippen MR) is 117 cm³/mol. The number of benzene rings is 1. The molecule has 0 aromatic heterocycles. The van der Waals surface area contributed by atoms with E-state index < -0.39 is 12.7 Å². The molecule has 1 saturated heterocycles. The van der Waals surface area contributed by atoms with Crippen molar-refractivity contribution in [3.05, 3.63) is 35.9 Å². The molecule has 0 radical (unpaired) electrons. The standard InChI is InChI=1S/C20H29F3N4.HI/c1-24-19(26-18-13-17(18)16-5-3-2-4-6-16)25-10-7-15-8-11-27(12-9-15)14-20(21,22)23;/h2-6,15,17-18H,7-14H2,1H3,(H2,24,25,26);1H. The Bertz CT molecular complexity index is 616. The summed E-state index contributed by atoms with van der Waals surface area (Å²) in [5, 5.41) is 6.82. The van der Waals surface area contributed by atoms with Gasteiger partial charge in [-0.15, -0.1) is 24.0 Å². The van der Waals surface area contributed by atoms with Gasteiger partial charge in [0, 0.05) is 25.6 Å². The predicted octanol–water partition coefficient (Wildman–Crippen LogP) is 3.99. The second-order valence-electron chi connectivity index (χ2n) is 7.63. The number of hydrogen-bond donors (Lipinski definition) is 2. The van der Waals surface area contributed by atoms with Crippen molar-refractivity contribution in [3.8, 4) is 0 Å². The van der Waals surface area contributed by atoms with Crippen LogP contribution in [0.1, 0.15) is 37.2 Å². The Hall–Kier alpha value is -1.03. The molecular weight excluding hydrogens is 480 g/mol. The number of likely N-dealkylation sites (tertiary alicyclic amines) is 1. The molecule has 0 spiro atoms. The molecule has 1 aliphatic carbocycles. The van der Waals surface area contributed by atoms with Gasteiger partial charge in [-0.3, -0.25) is 9.89 Å². The third kappa shape index (κ3) is 7.42. The summed E-state index contributed by atoms with van der Waals surface area (Å²) >= 11 is 0. The molecule has 2 fully saturated rings. The molecule has 8 heteroatoms. The number of nitrogens with one attached hydrogen (secondary N) is 2. The summed E-state index contributed by atoms with van der Waals surface area (Å²) in [6.45, 7) is 1.10. The summed E-state index contributed by atoms with van der Waals surface area (Å²) < 4.78 is 37.3. The molecule has 2 N–H and O–H groups in total. The highest BCUT2D eigenvalue weighted by Crippen LogP contribution is 2.40. The molecule has 3 rings (SSSR count). The fraction of sp³-hybridized carbons (Fsp3) is 0.650. The third-order valence-electron chi connectivity index (χ3n) is 5.52. The van der Waals surface area contributed by atoms with Crippen molar-refractivity contribution in [2.75, 3.05) is 33.2 Å². The van der Waals surface area contributed by atoms with Gasteiger partial charge in [0.15, 0.2) is 5.96 Å². The fourth-order valence-corrected chi connectivity index (χ4v) is 3.87. The second-order valence-corrected chi connectivity index (χ2v) is 7.63. The zero-order valence-electron chi connectivity index (χ0n) is 16.2. The summed E-state index contributed by atoms with van der Waals surface area (Å²) in [5.74, 6) is 1.84. The number of guanidine groups is 1. The average molecular weight is 510 g/mol. The van der Waals surface area contributed by atoms with E-state index in [2.05, 4.69) is 39.9 Å². The van der Waals surface area contributed by atoms with E-state index in [9.17, 15) is 13.2 Å². The summed E-state index contributed by atoms with van der Waals surface area (Å²) in [5.41, 5.74) is 1.36. The minimum absolute atomic E-state index is 0. The van der Waals surface area contributed by atoms with E-state index in [1.807, 2.05) is 6.07 Å². The van der Waals surface area contributed by atoms with Gasteiger partial charge in [-0.05, 0) is 50.3 Å². The van der Waals surface area contributed by atoms with Gasteiger partial charge in [0.2, 0.25) is 0 Å². The lowest BCUT2D eigenvalue weighted by Crippen LogP contribution is -2.42. The molecule has 0 bridgehead atoms. The molecule has 4 nitrogen and oxygen atoms in total. The number of halogens is 4. The van der Waals surface area contributed by atoms with Gasteiger partial charge in [0.05, 0.1) is 6.54 Å². The van der Waals surface area contributed by atoms with Crippen molar-refractivity contribution < 1.29 is 13.2 Å². The number of aliphatic imine (C=N–C) groups is 1. The smallest absolute Gasteiger partial charge is 0.356 e. The van der Waals surface area contributed by atoms with Crippen LogP contribution in [0.25, 0.3) is 0 Å². The maximum atomic E-state index is 12.4. The number of piperidine rings is 1. The van der Waals surface area contributed by atoms with E-state index in [0.717, 1.165) is 38.2 Å². The van der Waals surface area contributed by atoms with Crippen LogP contribution >= 0.6 is 24.0 Å². The van der Waals surface area contributed by atoms with Crippen LogP contribution in [0.3, 0.4) is 0 Å². The van der Waals surface area contributed by atoms with Crippen LogP contribution in [0.4, 0.5) is 13.2 Å². The second kappa shape index (κ2) is 10.7. The zero-order chi connectivity index (χ0) is 19.3. The van der Waals surface area contributed by atoms with Gasteiger partial charge in [0.25, 0.3) is 0 Å². The van der Waals surface area contributed by atoms with E-state index in [4.69, 9.17) is 0 Å². The van der Waals surface area contributed by atoms with E-state index >= 15 is 0 Å². The zero-order valence-corrected chi connectivity index (χ0v) is 18.5. The number of rotatable bonds is 6. The molecule has 1 aliphatic heterocycles. The highest BCUT2D eigenvalue weighted by atomic mass is 127. The Labute approximate surface area is 182 Å². The Balaban J connectivity index is 0.00000280. The normalized spacial score (nSPS) is 23.8. The maximum Gasteiger partial charge on any atom is 0.401 e. The summed E-state index contributed by atoms with van der Waals surface area (Å²) in [6.07, 6.45) is -0.340. The van der Waals surface area contributed by atoms with Gasteiger partial charge >= 0.3 is 6.18 Å². The fourth-order valence-electron chi connectivity index (χ4n) is 3.87. The van der Waals surface area contributed by atoms with Crippen LogP contribution in [0.5, 0.6) is 0 Å². The first-order valence-corrected chi connectivity index (χ1v) is 9.76. The highest BCUT2D eigenvalue weighted by Gasteiger charge is 2.38. The van der Waals surface area contributed by atoms with Gasteiger partial charge in [0.1, 0.15) is 0 Å². The van der Waals surface area contributed by atoms with Crippen molar-refractivity contribution >= 4 is 29.9 Å². The van der Waals surface area contributed by atoms with Crippen molar-refractivity contribution in [1.29, 1.82) is 0 Å². The van der Waals surface area contributed by atoms with E-state index in [1.54, 1.807) is 7.05 Å². The Morgan fingerprint density at radius 1 is 1.18 bits per heavy atom. The van der Waals surface area contributed by atoms with Crippen molar-refractivity contribution in [2.45, 2.75) is 43.8 Å². The quantitative estimate of drug-likeness (QED) is 0.346. The molecule has 1 aromatic carbocycles. The summed E-state index contributed by atoms with van der Waals surface area (Å²) in [6, 6.07) is 10.9. The molecule has 0 amide bonds. The maximum absolute atomic E-state index is 12.4. The molecule has 158 valence electrons. The molecule has 2 atom stereocenters. The van der Waals surface area contributed by atoms with Crippen LogP contribution in [-0.2, 0) is 0 Å². The Kier molecular flexibility index (Phi) is 8.85. The largest absolute Gasteiger partial charge is 0.401 e. The lowest BCUT2D eigenvalue weighted by atomic mass is 9.93. The van der Waals surface area contributed by atoms with E-state index in [1.165, 1.54) is 10.5 Å². The summed E-state index contributed by atoms with van der Waals surface area (Å²) in [7, 11) is 1.77. The van der Waals surface area contributed by atoms with Crippen LogP contribution in [0.15, 0.2) is 35.3 Å². The topological polar surface area (TPSA) is 39.7 Å². The van der Waals surface area contributed by atoms with Crippen molar-refractivity contribution in [1.82, 2.24) is 15.5 Å². The average Bonchev–Trinajstić information content (AvgIpc) is 3.41. The first kappa shape index (κ1) is 23.3. The number of hydrogen-bond acceptors (Lipinski definition) is 2. The van der Waals surface area contributed by atoms with Crippen LogP contribution in [0.2, 0.25) is 0 Å². The molecule has 2 unspecified atom stereocenters. The first-order chi connectivity index (χ1) is 12.9. The molecule has 1 heterocycles. The minimum atomic E-state index is -4.09. The molecular formula is C20H30F3IN4. The molecule has 1 aromatic rings. The van der Waals surface area contributed by atoms with Gasteiger partial charge in [-0.1, -0.05) is 30.3 Å². The first-order valence-electron chi connectivity index (χ1n) is 9.76. The third-order valence-corrected chi connectivity index (χ3v) is 5.52. The lowest BCUT2D eigenvalue weighted by Gasteiger charge is -2.32. The van der Waals surface area contributed by atoms with Gasteiger partial charge in [-0.2, -0.15) is 13.2 Å². The van der Waals surface area contributed by atoms with Crippen molar-refractivity contribution in [3.63, 3.8) is 0 Å². The van der Waals surface area contributed by atoms with E-state index in [-0.39, 0.29) is 24.0 Å². The van der Waals surface area contributed by atoms with Crippen molar-refractivity contribution in [2.24, 2.45) is 10.9 Å². The van der Waals surface area contributed by atoms with E-state index in [0.29, 0.717) is 31.0 Å². The van der Waals surface area contributed by atoms with Crippen LogP contribution < -0.4 is 10.6 Å². The molecule has 2 aliphatic rings. The van der Waals surface area contributed by atoms with Crippen LogP contribution in [-0.4, -0.2) is 56.3 Å². The minimum Gasteiger partial charge on any atom is -0.356 e. The summed E-state index contributed by atoms with van der Waals surface area (Å²) in [4.78, 5) is 5.81. The number of alkyl halides is 3. The van der Waals surface area contributed by atoms with Crippen LogP contribution in [0, 0.1) is 5.92 Å². The molecule has 28 heavy (non-hydrogen) atoms. The molecule has 1 saturated carbocycles. The van der Waals surface area contributed by atoms with Gasteiger partial charge in [-0.25, -0.2) is 0 Å². The number of nitrogens with zero attached hydrogens (tertiary/aromatic N) is 2. The SMILES string of the molecule is CN=C(NCCC1CCN(CC(F)(F)F)CC1)NC1CC1c1ccccc1.I.